The van der Waals surface area contributed by atoms with E-state index in [1.165, 1.54) is 0 Å². The van der Waals surface area contributed by atoms with Crippen molar-refractivity contribution in [3.05, 3.63) is 0 Å². The Balaban J connectivity index is -0.000000472. The van der Waals surface area contributed by atoms with E-state index < -0.39 is 62.0 Å². The van der Waals surface area contributed by atoms with Gasteiger partial charge in [-0.15, -0.1) is 0 Å². The van der Waals surface area contributed by atoms with Gasteiger partial charge in [0.2, 0.25) is 6.93 Å². The van der Waals surface area contributed by atoms with Crippen LogP contribution in [0.3, 0.4) is 0 Å². The molecule has 0 aromatic heterocycles. The highest BCUT2D eigenvalue weighted by atomic mass is 128. The number of alkyl halides is 17. The molecule has 206 valence electrons. The minimum atomic E-state index is -7.00. The Kier molecular flexibility index (Phi) is 17.2. The zero-order valence-electron chi connectivity index (χ0n) is 14.6. The lowest BCUT2D eigenvalue weighted by atomic mass is 9.99. The van der Waals surface area contributed by atoms with Gasteiger partial charge >= 0.3 is 36.3 Å². The van der Waals surface area contributed by atoms with E-state index in [4.69, 9.17) is 0 Å². The average molecular weight is 766 g/mol. The first-order valence-corrected chi connectivity index (χ1v) is 13.0. The summed E-state index contributed by atoms with van der Waals surface area (Å²) in [5, 5.41) is 0. The molecule has 1 aliphatic heterocycles. The van der Waals surface area contributed by atoms with Crippen LogP contribution in [0.5, 0.6) is 0 Å². The number of hydrogen-bond acceptors (Lipinski definition) is 2. The zero-order chi connectivity index (χ0) is 27.0. The maximum Gasteiger partial charge on any atom is 0.458 e. The fourth-order valence-corrected chi connectivity index (χ4v) is 1.67. The summed E-state index contributed by atoms with van der Waals surface area (Å²) in [6, 6.07) is 0. The van der Waals surface area contributed by atoms with Crippen molar-refractivity contribution in [3.63, 3.8) is 0 Å². The number of halogens is 19. The lowest BCUT2D eigenvalue weighted by molar-refractivity contribution is -0.600. The van der Waals surface area contributed by atoms with Crippen molar-refractivity contribution in [2.45, 2.75) is 62.5 Å². The summed E-state index contributed by atoms with van der Waals surface area (Å²) in [4.78, 5) is 0. The largest absolute Gasteiger partial charge is 0.458 e. The van der Waals surface area contributed by atoms with Crippen LogP contribution in [-0.2, 0) is 9.47 Å². The van der Waals surface area contributed by atoms with E-state index in [9.17, 15) is 74.6 Å². The normalized spacial score (nSPS) is 29.1. The summed E-state index contributed by atoms with van der Waals surface area (Å²) in [6.07, 6.45) is -32.1. The van der Waals surface area contributed by atoms with Crippen LogP contribution >= 0.6 is 37.2 Å². The summed E-state index contributed by atoms with van der Waals surface area (Å²) in [5.41, 5.74) is 0. The van der Waals surface area contributed by atoms with Gasteiger partial charge in [-0.1, -0.05) is 7.43 Å². The van der Waals surface area contributed by atoms with Crippen LogP contribution in [0.1, 0.15) is 20.3 Å². The van der Waals surface area contributed by atoms with Gasteiger partial charge in [-0.25, -0.2) is 13.2 Å². The second kappa shape index (κ2) is 14.1. The SMILES string of the molecule is C.CF.FC(F)(F)CCC1(F)OC(F)(C(F)(F)F)C(F)(F)OC1(F)C(F)(F)F.FCF.II. The van der Waals surface area contributed by atoms with Gasteiger partial charge in [0.25, 0.3) is 5.85 Å². The minimum Gasteiger partial charge on any atom is -0.289 e. The molecular weight excluding hydrogens is 753 g/mol. The molecule has 2 nitrogen and oxygen atoms in total. The van der Waals surface area contributed by atoms with Crippen LogP contribution in [0.4, 0.5) is 74.6 Å². The van der Waals surface area contributed by atoms with Crippen molar-refractivity contribution in [2.75, 3.05) is 14.1 Å². The van der Waals surface area contributed by atoms with E-state index >= 15 is 0 Å². The molecule has 0 aromatic carbocycles. The van der Waals surface area contributed by atoms with Crippen molar-refractivity contribution in [1.82, 2.24) is 0 Å². The van der Waals surface area contributed by atoms with Crippen molar-refractivity contribution < 1.29 is 84.1 Å². The highest BCUT2D eigenvalue weighted by Crippen LogP contribution is 2.62. The summed E-state index contributed by atoms with van der Waals surface area (Å²) in [7, 11) is 0.500. The summed E-state index contributed by atoms with van der Waals surface area (Å²) >= 11 is 4.24. The van der Waals surface area contributed by atoms with Crippen molar-refractivity contribution in [3.8, 4) is 0 Å². The van der Waals surface area contributed by atoms with Gasteiger partial charge in [-0.3, -0.25) is 13.9 Å². The number of ether oxygens (including phenoxy) is 2. The third kappa shape index (κ3) is 9.63. The molecule has 1 aliphatic rings. The van der Waals surface area contributed by atoms with E-state index in [1.54, 1.807) is 0 Å². The number of rotatable bonds is 2. The second-order valence-corrected chi connectivity index (χ2v) is 4.85. The lowest BCUT2D eigenvalue weighted by Crippen LogP contribution is -2.76. The average Bonchev–Trinajstić information content (AvgIpc) is 2.60. The first kappa shape index (κ1) is 40.4. The molecule has 0 radical (unpaired) electrons. The van der Waals surface area contributed by atoms with Crippen LogP contribution in [0.15, 0.2) is 0 Å². The molecule has 0 spiro atoms. The molecule has 3 atom stereocenters. The Labute approximate surface area is 197 Å². The second-order valence-electron chi connectivity index (χ2n) is 4.85. The van der Waals surface area contributed by atoms with Gasteiger partial charge in [0.15, 0.2) is 0 Å². The lowest BCUT2D eigenvalue weighted by Gasteiger charge is -2.50. The van der Waals surface area contributed by atoms with E-state index in [0.29, 0.717) is 7.18 Å². The predicted molar refractivity (Wildman–Crippen MR) is 94.9 cm³/mol. The van der Waals surface area contributed by atoms with Gasteiger partial charge in [0.05, 0.1) is 7.18 Å². The molecule has 3 unspecified atom stereocenters. The van der Waals surface area contributed by atoms with E-state index in [1.807, 2.05) is 0 Å². The maximum absolute atomic E-state index is 14.0. The maximum atomic E-state index is 14.0. The molecule has 0 bridgehead atoms. The molecule has 0 aliphatic carbocycles. The van der Waals surface area contributed by atoms with E-state index in [-0.39, 0.29) is 7.43 Å². The van der Waals surface area contributed by atoms with Crippen molar-refractivity contribution in [2.24, 2.45) is 0 Å². The van der Waals surface area contributed by atoms with E-state index in [2.05, 4.69) is 46.7 Å². The zero-order valence-corrected chi connectivity index (χ0v) is 18.9. The van der Waals surface area contributed by atoms with Gasteiger partial charge in [-0.2, -0.15) is 57.1 Å². The third-order valence-electron chi connectivity index (χ3n) is 2.89. The topological polar surface area (TPSA) is 18.5 Å². The molecule has 1 rings (SSSR count). The molecule has 1 fully saturated rings. The van der Waals surface area contributed by atoms with Gasteiger partial charge in [0, 0.05) is 50.1 Å². The first-order valence-electron chi connectivity index (χ1n) is 6.72. The smallest absolute Gasteiger partial charge is 0.289 e. The Hall–Kier alpha value is 0.190. The van der Waals surface area contributed by atoms with Crippen LogP contribution < -0.4 is 0 Å². The Bertz CT molecular complexity index is 540. The highest BCUT2D eigenvalue weighted by molar-refractivity contribution is 15.0. The Morgan fingerprint density at radius 1 is 0.667 bits per heavy atom. The number of hydrogen-bond donors (Lipinski definition) is 0. The van der Waals surface area contributed by atoms with Gasteiger partial charge in [-0.05, 0) is 0 Å². The fraction of sp³-hybridized carbons (Fsp3) is 1.00. The summed E-state index contributed by atoms with van der Waals surface area (Å²) < 4.78 is 211. The molecule has 0 saturated carbocycles. The third-order valence-corrected chi connectivity index (χ3v) is 2.89. The van der Waals surface area contributed by atoms with Crippen LogP contribution in [0.25, 0.3) is 0 Å². The van der Waals surface area contributed by atoms with Crippen molar-refractivity contribution in [1.29, 1.82) is 0 Å². The summed E-state index contributed by atoms with van der Waals surface area (Å²) in [5.74, 6) is -19.2. The van der Waals surface area contributed by atoms with Crippen LogP contribution in [-0.4, -0.2) is 56.3 Å². The van der Waals surface area contributed by atoms with E-state index in [0.717, 1.165) is 0 Å². The van der Waals surface area contributed by atoms with Crippen LogP contribution in [0.2, 0.25) is 0 Å². The fourth-order valence-electron chi connectivity index (χ4n) is 1.67. The Morgan fingerprint density at radius 2 is 0.970 bits per heavy atom. The summed E-state index contributed by atoms with van der Waals surface area (Å²) in [6.45, 7) is -1.75. The standard InChI is InChI=1S/C9H4F14O2.CH2F2.CH3F.CH4.I2/c10-3(1-2-4(11,12)13)5(14,7(16,17)18)25-9(22,23)6(15,24-3)8(19,20)21;2-1-3;1-2;;1-2/h1-2H2;1H2;1H3;1H4;. The molecule has 0 N–H and O–H groups in total. The van der Waals surface area contributed by atoms with Gasteiger partial charge in [0.1, 0.15) is 0 Å². The monoisotopic (exact) mass is 766 g/mol. The molecule has 1 saturated heterocycles. The highest BCUT2D eigenvalue weighted by Gasteiger charge is 2.89. The van der Waals surface area contributed by atoms with Gasteiger partial charge < -0.3 is 0 Å². The molecule has 0 aromatic rings. The Morgan fingerprint density at radius 3 is 1.21 bits per heavy atom. The molecular formula is C12H13F17I2O2. The minimum absolute atomic E-state index is 0. The molecule has 1 heterocycles. The predicted octanol–water partition coefficient (Wildman–Crippen LogP) is 8.97. The first-order chi connectivity index (χ1) is 14.0. The van der Waals surface area contributed by atoms with Crippen LogP contribution in [0, 0.1) is 0 Å². The molecule has 21 heteroatoms. The molecule has 0 amide bonds. The van der Waals surface area contributed by atoms with Crippen molar-refractivity contribution >= 4 is 37.2 Å². The quantitative estimate of drug-likeness (QED) is 0.207. The molecule has 33 heavy (non-hydrogen) atoms.